The fourth-order valence-corrected chi connectivity index (χ4v) is 4.78. The number of hydrogen-bond donors (Lipinski definition) is 0. The molecule has 0 N–H and O–H groups in total. The SMILES string of the molecule is Cc1sc2ncn3nc(-c4cnn5c(C)cc(-c6ccccc6)nc45)nc3c2c1C. The Morgan fingerprint density at radius 1 is 0.967 bits per heavy atom. The van der Waals surface area contributed by atoms with Gasteiger partial charge in [0, 0.05) is 16.1 Å². The zero-order valence-corrected chi connectivity index (χ0v) is 17.5. The lowest BCUT2D eigenvalue weighted by molar-refractivity contribution is 0.896. The summed E-state index contributed by atoms with van der Waals surface area (Å²) in [6, 6.07) is 12.2. The van der Waals surface area contributed by atoms with Crippen molar-refractivity contribution in [1.29, 1.82) is 0 Å². The van der Waals surface area contributed by atoms with Crippen molar-refractivity contribution >= 4 is 32.8 Å². The van der Waals surface area contributed by atoms with Crippen LogP contribution in [0.1, 0.15) is 16.1 Å². The molecule has 0 aliphatic heterocycles. The summed E-state index contributed by atoms with van der Waals surface area (Å²) in [5.41, 5.74) is 6.53. The molecule has 8 heteroatoms. The lowest BCUT2D eigenvalue weighted by atomic mass is 10.1. The van der Waals surface area contributed by atoms with Crippen LogP contribution in [0.4, 0.5) is 0 Å². The van der Waals surface area contributed by atoms with E-state index in [2.05, 4.69) is 36.1 Å². The van der Waals surface area contributed by atoms with Crippen LogP contribution in [-0.4, -0.2) is 34.2 Å². The van der Waals surface area contributed by atoms with E-state index in [9.17, 15) is 0 Å². The summed E-state index contributed by atoms with van der Waals surface area (Å²) in [6.45, 7) is 6.25. The van der Waals surface area contributed by atoms with Crippen LogP contribution in [0.2, 0.25) is 0 Å². The van der Waals surface area contributed by atoms with Crippen LogP contribution in [0.15, 0.2) is 48.9 Å². The van der Waals surface area contributed by atoms with Crippen molar-refractivity contribution in [3.8, 4) is 22.6 Å². The molecule has 0 radical (unpaired) electrons. The number of benzene rings is 1. The molecule has 0 saturated carbocycles. The molecule has 0 atom stereocenters. The van der Waals surface area contributed by atoms with Gasteiger partial charge in [-0.25, -0.2) is 24.0 Å². The molecule has 7 nitrogen and oxygen atoms in total. The van der Waals surface area contributed by atoms with Gasteiger partial charge in [-0.05, 0) is 32.4 Å². The van der Waals surface area contributed by atoms with Crippen molar-refractivity contribution in [2.45, 2.75) is 20.8 Å². The van der Waals surface area contributed by atoms with Crippen LogP contribution in [0.5, 0.6) is 0 Å². The highest BCUT2D eigenvalue weighted by Crippen LogP contribution is 2.32. The first kappa shape index (κ1) is 17.2. The predicted octanol–water partition coefficient (Wildman–Crippen LogP) is 4.64. The second kappa shape index (κ2) is 6.17. The van der Waals surface area contributed by atoms with E-state index in [4.69, 9.17) is 15.1 Å². The number of nitrogens with zero attached hydrogens (tertiary/aromatic N) is 7. The molecule has 0 spiro atoms. The Kier molecular flexibility index (Phi) is 3.54. The van der Waals surface area contributed by atoms with E-state index in [-0.39, 0.29) is 0 Å². The number of aryl methyl sites for hydroxylation is 3. The van der Waals surface area contributed by atoms with Gasteiger partial charge in [0.25, 0.3) is 0 Å². The first-order valence-corrected chi connectivity index (χ1v) is 10.4. The number of thiophene rings is 1. The summed E-state index contributed by atoms with van der Waals surface area (Å²) in [5, 5.41) is 10.3. The maximum Gasteiger partial charge on any atom is 0.187 e. The molecular formula is C22H17N7S. The summed E-state index contributed by atoms with van der Waals surface area (Å²) in [5.74, 6) is 0.597. The average molecular weight is 411 g/mol. The maximum atomic E-state index is 4.89. The zero-order chi connectivity index (χ0) is 20.4. The van der Waals surface area contributed by atoms with Crippen LogP contribution < -0.4 is 0 Å². The Morgan fingerprint density at radius 3 is 2.63 bits per heavy atom. The summed E-state index contributed by atoms with van der Waals surface area (Å²) in [7, 11) is 0. The monoisotopic (exact) mass is 411 g/mol. The molecule has 5 aromatic heterocycles. The highest BCUT2D eigenvalue weighted by molar-refractivity contribution is 7.18. The van der Waals surface area contributed by atoms with E-state index in [1.165, 1.54) is 10.4 Å². The third kappa shape index (κ3) is 2.40. The minimum Gasteiger partial charge on any atom is -0.228 e. The Hall–Kier alpha value is -3.65. The van der Waals surface area contributed by atoms with Gasteiger partial charge in [0.2, 0.25) is 0 Å². The van der Waals surface area contributed by atoms with Gasteiger partial charge in [-0.3, -0.25) is 0 Å². The van der Waals surface area contributed by atoms with Crippen LogP contribution in [0, 0.1) is 20.8 Å². The van der Waals surface area contributed by atoms with Gasteiger partial charge in [-0.15, -0.1) is 16.4 Å². The van der Waals surface area contributed by atoms with Crippen LogP contribution >= 0.6 is 11.3 Å². The van der Waals surface area contributed by atoms with Crippen molar-refractivity contribution in [3.63, 3.8) is 0 Å². The molecule has 0 aliphatic carbocycles. The van der Waals surface area contributed by atoms with Gasteiger partial charge in [0.15, 0.2) is 17.1 Å². The highest BCUT2D eigenvalue weighted by atomic mass is 32.1. The van der Waals surface area contributed by atoms with E-state index in [0.717, 1.165) is 44.0 Å². The number of rotatable bonds is 2. The summed E-state index contributed by atoms with van der Waals surface area (Å²) < 4.78 is 3.58. The van der Waals surface area contributed by atoms with E-state index < -0.39 is 0 Å². The Morgan fingerprint density at radius 2 is 1.80 bits per heavy atom. The van der Waals surface area contributed by atoms with Gasteiger partial charge < -0.3 is 0 Å². The number of aromatic nitrogens is 7. The average Bonchev–Trinajstić information content (AvgIpc) is 3.44. The Labute approximate surface area is 175 Å². The standard InChI is InChI=1S/C22H17N7S/c1-12-9-17(15-7-5-4-6-8-15)25-20-16(10-24-29(12)20)19-26-21-18-13(2)14(3)30-22(18)23-11-28(21)27-19/h4-11H,1-3H3. The second-order valence-corrected chi connectivity index (χ2v) is 8.56. The van der Waals surface area contributed by atoms with Gasteiger partial charge in [-0.2, -0.15) is 5.10 Å². The van der Waals surface area contributed by atoms with Gasteiger partial charge in [0.05, 0.1) is 22.8 Å². The van der Waals surface area contributed by atoms with Crippen LogP contribution in [0.25, 0.3) is 44.2 Å². The van der Waals surface area contributed by atoms with E-state index >= 15 is 0 Å². The maximum absolute atomic E-state index is 4.89. The fourth-order valence-electron chi connectivity index (χ4n) is 3.79. The van der Waals surface area contributed by atoms with Gasteiger partial charge in [0.1, 0.15) is 11.2 Å². The van der Waals surface area contributed by atoms with Crippen molar-refractivity contribution < 1.29 is 0 Å². The molecule has 0 amide bonds. The second-order valence-electron chi connectivity index (χ2n) is 7.35. The van der Waals surface area contributed by atoms with E-state index in [1.54, 1.807) is 28.4 Å². The minimum atomic E-state index is 0.597. The van der Waals surface area contributed by atoms with Crippen LogP contribution in [-0.2, 0) is 0 Å². The minimum absolute atomic E-state index is 0.597. The molecule has 146 valence electrons. The molecule has 6 rings (SSSR count). The molecule has 0 unspecified atom stereocenters. The first-order valence-electron chi connectivity index (χ1n) is 9.62. The molecule has 0 fully saturated rings. The third-order valence-corrected chi connectivity index (χ3v) is 6.58. The molecule has 30 heavy (non-hydrogen) atoms. The van der Waals surface area contributed by atoms with Crippen molar-refractivity contribution in [2.75, 3.05) is 0 Å². The molecule has 1 aromatic carbocycles. The highest BCUT2D eigenvalue weighted by Gasteiger charge is 2.19. The predicted molar refractivity (Wildman–Crippen MR) is 118 cm³/mol. The zero-order valence-electron chi connectivity index (χ0n) is 16.7. The summed E-state index contributed by atoms with van der Waals surface area (Å²) in [4.78, 5) is 16.5. The molecule has 0 aliphatic rings. The lowest BCUT2D eigenvalue weighted by Crippen LogP contribution is -1.98. The third-order valence-electron chi connectivity index (χ3n) is 5.47. The van der Waals surface area contributed by atoms with Crippen molar-refractivity contribution in [3.05, 3.63) is 65.1 Å². The molecule has 5 heterocycles. The quantitative estimate of drug-likeness (QED) is 0.415. The first-order chi connectivity index (χ1) is 14.6. The summed E-state index contributed by atoms with van der Waals surface area (Å²) >= 11 is 1.68. The smallest absolute Gasteiger partial charge is 0.187 e. The molecule has 6 aromatic rings. The van der Waals surface area contributed by atoms with Gasteiger partial charge >= 0.3 is 0 Å². The molecular weight excluding hydrogens is 394 g/mol. The number of hydrogen-bond acceptors (Lipinski definition) is 6. The summed E-state index contributed by atoms with van der Waals surface area (Å²) in [6.07, 6.45) is 3.51. The lowest BCUT2D eigenvalue weighted by Gasteiger charge is -2.05. The van der Waals surface area contributed by atoms with E-state index in [0.29, 0.717) is 5.82 Å². The van der Waals surface area contributed by atoms with Crippen molar-refractivity contribution in [2.24, 2.45) is 0 Å². The van der Waals surface area contributed by atoms with Crippen molar-refractivity contribution in [1.82, 2.24) is 34.2 Å². The normalized spacial score (nSPS) is 11.8. The fraction of sp³-hybridized carbons (Fsp3) is 0.136. The van der Waals surface area contributed by atoms with Gasteiger partial charge in [-0.1, -0.05) is 30.3 Å². The number of fused-ring (bicyclic) bond motifs is 4. The Balaban J connectivity index is 1.60. The largest absolute Gasteiger partial charge is 0.228 e. The topological polar surface area (TPSA) is 73.3 Å². The molecule has 0 saturated heterocycles. The molecule has 0 bridgehead atoms. The van der Waals surface area contributed by atoms with Crippen LogP contribution in [0.3, 0.4) is 0 Å². The van der Waals surface area contributed by atoms with E-state index in [1.807, 2.05) is 35.7 Å². The Bertz CT molecular complexity index is 1570.